The fourth-order valence-corrected chi connectivity index (χ4v) is 2.00. The van der Waals surface area contributed by atoms with Gasteiger partial charge in [-0.3, -0.25) is 9.59 Å². The summed E-state index contributed by atoms with van der Waals surface area (Å²) >= 11 is 0. The standard InChI is InChI=1S/C15H28O5/c1-4-7-8-9-10-11-12(16)13(14(17)19-5-2)15(18)20-6-3/h12-13,16H,4-11H2,1-3H3. The monoisotopic (exact) mass is 288 g/mol. The van der Waals surface area contributed by atoms with Crippen molar-refractivity contribution < 1.29 is 24.2 Å². The number of esters is 2. The molecule has 0 aliphatic rings. The summed E-state index contributed by atoms with van der Waals surface area (Å²) < 4.78 is 9.68. The Hall–Kier alpha value is -1.10. The van der Waals surface area contributed by atoms with E-state index in [1.54, 1.807) is 13.8 Å². The number of aliphatic hydroxyl groups excluding tert-OH is 1. The summed E-state index contributed by atoms with van der Waals surface area (Å²) in [5, 5.41) is 10.1. The highest BCUT2D eigenvalue weighted by Crippen LogP contribution is 2.16. The molecular weight excluding hydrogens is 260 g/mol. The molecular formula is C15H28O5. The molecule has 5 nitrogen and oxygen atoms in total. The molecule has 0 saturated carbocycles. The van der Waals surface area contributed by atoms with Crippen molar-refractivity contribution in [3.8, 4) is 0 Å². The third kappa shape index (κ3) is 7.48. The van der Waals surface area contributed by atoms with Crippen LogP contribution in [0.4, 0.5) is 0 Å². The summed E-state index contributed by atoms with van der Waals surface area (Å²) in [6.07, 6.45) is 4.57. The Kier molecular flexibility index (Phi) is 11.1. The van der Waals surface area contributed by atoms with Gasteiger partial charge in [0, 0.05) is 0 Å². The number of carbonyl (C=O) groups excluding carboxylic acids is 2. The van der Waals surface area contributed by atoms with E-state index < -0.39 is 24.0 Å². The van der Waals surface area contributed by atoms with Crippen LogP contribution in [0.15, 0.2) is 0 Å². The van der Waals surface area contributed by atoms with Crippen LogP contribution >= 0.6 is 0 Å². The number of rotatable bonds is 11. The summed E-state index contributed by atoms with van der Waals surface area (Å²) in [5.41, 5.74) is 0. The molecule has 0 bridgehead atoms. The van der Waals surface area contributed by atoms with Crippen LogP contribution in [0.2, 0.25) is 0 Å². The average molecular weight is 288 g/mol. The van der Waals surface area contributed by atoms with Gasteiger partial charge in [0.15, 0.2) is 5.92 Å². The van der Waals surface area contributed by atoms with Crippen LogP contribution in [0.25, 0.3) is 0 Å². The highest BCUT2D eigenvalue weighted by molar-refractivity contribution is 5.95. The van der Waals surface area contributed by atoms with E-state index >= 15 is 0 Å². The molecule has 0 aliphatic heterocycles. The number of carbonyl (C=O) groups is 2. The van der Waals surface area contributed by atoms with Gasteiger partial charge in [-0.15, -0.1) is 0 Å². The third-order valence-corrected chi connectivity index (χ3v) is 3.07. The van der Waals surface area contributed by atoms with Gasteiger partial charge in [0.1, 0.15) is 0 Å². The molecule has 20 heavy (non-hydrogen) atoms. The quantitative estimate of drug-likeness (QED) is 0.359. The van der Waals surface area contributed by atoms with Gasteiger partial charge in [-0.1, -0.05) is 39.0 Å². The van der Waals surface area contributed by atoms with Crippen molar-refractivity contribution in [2.45, 2.75) is 65.4 Å². The zero-order chi connectivity index (χ0) is 15.4. The molecule has 0 radical (unpaired) electrons. The predicted molar refractivity (Wildman–Crippen MR) is 76.1 cm³/mol. The van der Waals surface area contributed by atoms with Gasteiger partial charge >= 0.3 is 11.9 Å². The first-order valence-electron chi connectivity index (χ1n) is 7.59. The molecule has 0 heterocycles. The van der Waals surface area contributed by atoms with Crippen molar-refractivity contribution in [2.75, 3.05) is 13.2 Å². The maximum atomic E-state index is 11.8. The zero-order valence-electron chi connectivity index (χ0n) is 12.9. The molecule has 0 aromatic rings. The van der Waals surface area contributed by atoms with Crippen molar-refractivity contribution in [2.24, 2.45) is 5.92 Å². The van der Waals surface area contributed by atoms with Gasteiger partial charge < -0.3 is 14.6 Å². The van der Waals surface area contributed by atoms with Crippen LogP contribution in [-0.2, 0) is 19.1 Å². The Balaban J connectivity index is 4.36. The van der Waals surface area contributed by atoms with Crippen LogP contribution in [0.1, 0.15) is 59.3 Å². The molecule has 1 unspecified atom stereocenters. The maximum Gasteiger partial charge on any atom is 0.323 e. The molecule has 5 heteroatoms. The van der Waals surface area contributed by atoms with Gasteiger partial charge in [-0.25, -0.2) is 0 Å². The molecule has 0 spiro atoms. The van der Waals surface area contributed by atoms with Crippen LogP contribution in [0.3, 0.4) is 0 Å². The maximum absolute atomic E-state index is 11.8. The fourth-order valence-electron chi connectivity index (χ4n) is 2.00. The molecule has 1 atom stereocenters. The second-order valence-electron chi connectivity index (χ2n) is 4.75. The van der Waals surface area contributed by atoms with E-state index in [4.69, 9.17) is 9.47 Å². The van der Waals surface area contributed by atoms with Crippen molar-refractivity contribution >= 4 is 11.9 Å². The summed E-state index contributed by atoms with van der Waals surface area (Å²) in [4.78, 5) is 23.5. The smallest absolute Gasteiger partial charge is 0.323 e. The van der Waals surface area contributed by atoms with E-state index in [-0.39, 0.29) is 13.2 Å². The second kappa shape index (κ2) is 11.7. The molecule has 0 amide bonds. The van der Waals surface area contributed by atoms with Gasteiger partial charge in [0.2, 0.25) is 0 Å². The lowest BCUT2D eigenvalue weighted by Crippen LogP contribution is -2.37. The number of ether oxygens (including phenoxy) is 2. The van der Waals surface area contributed by atoms with E-state index in [0.29, 0.717) is 6.42 Å². The van der Waals surface area contributed by atoms with Gasteiger partial charge in [0.05, 0.1) is 19.3 Å². The Morgan fingerprint density at radius 1 is 0.900 bits per heavy atom. The first-order valence-corrected chi connectivity index (χ1v) is 7.59. The normalized spacial score (nSPS) is 12.2. The first-order chi connectivity index (χ1) is 9.58. The first kappa shape index (κ1) is 18.9. The van der Waals surface area contributed by atoms with Crippen LogP contribution in [-0.4, -0.2) is 36.4 Å². The Bertz CT molecular complexity index is 259. The highest BCUT2D eigenvalue weighted by atomic mass is 16.6. The minimum absolute atomic E-state index is 0.179. The number of aliphatic hydroxyl groups is 1. The molecule has 0 aromatic heterocycles. The van der Waals surface area contributed by atoms with Crippen molar-refractivity contribution in [3.05, 3.63) is 0 Å². The lowest BCUT2D eigenvalue weighted by Gasteiger charge is -2.19. The van der Waals surface area contributed by atoms with E-state index in [9.17, 15) is 14.7 Å². The van der Waals surface area contributed by atoms with Gasteiger partial charge in [-0.05, 0) is 20.3 Å². The largest absolute Gasteiger partial charge is 0.465 e. The second-order valence-corrected chi connectivity index (χ2v) is 4.75. The van der Waals surface area contributed by atoms with E-state index in [0.717, 1.165) is 32.1 Å². The van der Waals surface area contributed by atoms with Crippen molar-refractivity contribution in [1.82, 2.24) is 0 Å². The summed E-state index contributed by atoms with van der Waals surface area (Å²) in [5.74, 6) is -2.62. The number of hydrogen-bond acceptors (Lipinski definition) is 5. The average Bonchev–Trinajstić information content (AvgIpc) is 2.39. The SMILES string of the molecule is CCCCCCCC(O)C(C(=O)OCC)C(=O)OCC. The van der Waals surface area contributed by atoms with E-state index in [1.165, 1.54) is 0 Å². The predicted octanol–water partition coefficient (Wildman–Crippen LogP) is 2.45. The van der Waals surface area contributed by atoms with Crippen LogP contribution < -0.4 is 0 Å². The van der Waals surface area contributed by atoms with E-state index in [2.05, 4.69) is 6.92 Å². The van der Waals surface area contributed by atoms with E-state index in [1.807, 2.05) is 0 Å². The minimum Gasteiger partial charge on any atom is -0.465 e. The number of hydrogen-bond donors (Lipinski definition) is 1. The molecule has 0 fully saturated rings. The van der Waals surface area contributed by atoms with Gasteiger partial charge in [-0.2, -0.15) is 0 Å². The molecule has 0 rings (SSSR count). The Morgan fingerprint density at radius 2 is 1.40 bits per heavy atom. The molecule has 0 aromatic carbocycles. The van der Waals surface area contributed by atoms with Crippen LogP contribution in [0.5, 0.6) is 0 Å². The molecule has 118 valence electrons. The highest BCUT2D eigenvalue weighted by Gasteiger charge is 2.36. The summed E-state index contributed by atoms with van der Waals surface area (Å²) in [7, 11) is 0. The zero-order valence-corrected chi connectivity index (χ0v) is 12.9. The lowest BCUT2D eigenvalue weighted by molar-refractivity contribution is -0.167. The van der Waals surface area contributed by atoms with Crippen molar-refractivity contribution in [1.29, 1.82) is 0 Å². The van der Waals surface area contributed by atoms with Crippen LogP contribution in [0, 0.1) is 5.92 Å². The minimum atomic E-state index is -1.22. The fraction of sp³-hybridized carbons (Fsp3) is 0.867. The number of unbranched alkanes of at least 4 members (excludes halogenated alkanes) is 4. The topological polar surface area (TPSA) is 72.8 Å². The summed E-state index contributed by atoms with van der Waals surface area (Å²) in [6.45, 7) is 5.82. The lowest BCUT2D eigenvalue weighted by atomic mass is 9.97. The Morgan fingerprint density at radius 3 is 1.85 bits per heavy atom. The van der Waals surface area contributed by atoms with Gasteiger partial charge in [0.25, 0.3) is 0 Å². The third-order valence-electron chi connectivity index (χ3n) is 3.07. The molecule has 1 N–H and O–H groups in total. The summed E-state index contributed by atoms with van der Waals surface area (Å²) in [6, 6.07) is 0. The molecule has 0 saturated heterocycles. The molecule has 0 aliphatic carbocycles. The Labute approximate surface area is 121 Å². The van der Waals surface area contributed by atoms with Crippen molar-refractivity contribution in [3.63, 3.8) is 0 Å².